The number of ether oxygens (including phenoxy) is 4. The quantitative estimate of drug-likeness (QED) is 0.457. The van der Waals surface area contributed by atoms with E-state index in [1.807, 2.05) is 18.2 Å². The molecule has 0 radical (unpaired) electrons. The summed E-state index contributed by atoms with van der Waals surface area (Å²) in [6, 6.07) is 15.5. The molecule has 0 aliphatic carbocycles. The van der Waals surface area contributed by atoms with Gasteiger partial charge >= 0.3 is 5.97 Å². The Hall–Kier alpha value is -3.54. The number of methoxy groups -OCH3 is 3. The summed E-state index contributed by atoms with van der Waals surface area (Å²) in [5.74, 6) is 0.577. The molecule has 3 aromatic carbocycles. The molecule has 0 heterocycles. The minimum atomic E-state index is -0.589. The average molecular weight is 380 g/mol. The first-order valence-electron chi connectivity index (χ1n) is 8.57. The van der Waals surface area contributed by atoms with Crippen molar-refractivity contribution in [2.24, 2.45) is 0 Å². The largest absolute Gasteiger partial charge is 0.497 e. The fourth-order valence-electron chi connectivity index (χ4n) is 2.95. The van der Waals surface area contributed by atoms with Crippen LogP contribution in [-0.2, 0) is 4.74 Å². The predicted molar refractivity (Wildman–Crippen MR) is 105 cm³/mol. The number of esters is 1. The fourth-order valence-corrected chi connectivity index (χ4v) is 2.95. The monoisotopic (exact) mass is 380 g/mol. The van der Waals surface area contributed by atoms with Crippen LogP contribution in [0.15, 0.2) is 54.6 Å². The van der Waals surface area contributed by atoms with E-state index in [1.165, 1.54) is 14.2 Å². The van der Waals surface area contributed by atoms with E-state index < -0.39 is 12.6 Å². The third-order valence-electron chi connectivity index (χ3n) is 4.37. The number of ketones is 1. The van der Waals surface area contributed by atoms with Crippen molar-refractivity contribution in [2.75, 3.05) is 27.9 Å². The van der Waals surface area contributed by atoms with Crippen LogP contribution in [0.2, 0.25) is 0 Å². The molecule has 0 saturated carbocycles. The highest BCUT2D eigenvalue weighted by atomic mass is 16.5. The van der Waals surface area contributed by atoms with Gasteiger partial charge in [0, 0.05) is 5.39 Å². The van der Waals surface area contributed by atoms with Gasteiger partial charge in [-0.3, -0.25) is 4.79 Å². The van der Waals surface area contributed by atoms with E-state index in [9.17, 15) is 9.59 Å². The van der Waals surface area contributed by atoms with Crippen LogP contribution in [0.1, 0.15) is 20.7 Å². The van der Waals surface area contributed by atoms with Crippen molar-refractivity contribution in [2.45, 2.75) is 0 Å². The molecule has 3 aromatic rings. The molecule has 0 aliphatic rings. The van der Waals surface area contributed by atoms with Gasteiger partial charge in [0.2, 0.25) is 5.78 Å². The lowest BCUT2D eigenvalue weighted by Crippen LogP contribution is -2.15. The lowest BCUT2D eigenvalue weighted by molar-refractivity contribution is 0.0476. The second kappa shape index (κ2) is 8.43. The zero-order valence-corrected chi connectivity index (χ0v) is 15.9. The Bertz CT molecular complexity index is 1020. The Morgan fingerprint density at radius 3 is 2.11 bits per heavy atom. The average Bonchev–Trinajstić information content (AvgIpc) is 2.75. The van der Waals surface area contributed by atoms with Gasteiger partial charge < -0.3 is 18.9 Å². The summed E-state index contributed by atoms with van der Waals surface area (Å²) >= 11 is 0. The van der Waals surface area contributed by atoms with E-state index in [0.717, 1.165) is 5.39 Å². The SMILES string of the molecule is COc1ccc(OC)c(C(=O)COC(=O)c2ccc(OC)c3ccccc23)c1. The molecule has 0 bridgehead atoms. The highest BCUT2D eigenvalue weighted by Gasteiger charge is 2.18. The van der Waals surface area contributed by atoms with Gasteiger partial charge in [-0.05, 0) is 35.7 Å². The van der Waals surface area contributed by atoms with Crippen molar-refractivity contribution in [3.63, 3.8) is 0 Å². The first-order chi connectivity index (χ1) is 13.6. The topological polar surface area (TPSA) is 71.1 Å². The highest BCUT2D eigenvalue weighted by molar-refractivity contribution is 6.07. The summed E-state index contributed by atoms with van der Waals surface area (Å²) in [5, 5.41) is 1.48. The molecule has 0 unspecified atom stereocenters. The van der Waals surface area contributed by atoms with Crippen molar-refractivity contribution in [1.29, 1.82) is 0 Å². The van der Waals surface area contributed by atoms with Crippen LogP contribution in [0.4, 0.5) is 0 Å². The summed E-state index contributed by atoms with van der Waals surface area (Å²) < 4.78 is 21.0. The zero-order chi connectivity index (χ0) is 20.1. The van der Waals surface area contributed by atoms with Crippen LogP contribution in [0.3, 0.4) is 0 Å². The Balaban J connectivity index is 1.82. The van der Waals surface area contributed by atoms with Crippen LogP contribution >= 0.6 is 0 Å². The molecule has 0 spiro atoms. The molecular formula is C22H20O6. The number of benzene rings is 3. The van der Waals surface area contributed by atoms with E-state index in [-0.39, 0.29) is 11.3 Å². The van der Waals surface area contributed by atoms with E-state index in [2.05, 4.69) is 0 Å². The van der Waals surface area contributed by atoms with Crippen LogP contribution < -0.4 is 14.2 Å². The smallest absolute Gasteiger partial charge is 0.339 e. The van der Waals surface area contributed by atoms with Gasteiger partial charge in [0.1, 0.15) is 17.2 Å². The standard InChI is InChI=1S/C22H20O6/c1-25-14-8-10-21(27-3)18(12-14)19(23)13-28-22(24)17-9-11-20(26-2)16-7-5-4-6-15(16)17/h4-12H,13H2,1-3H3. The van der Waals surface area contributed by atoms with Crippen molar-refractivity contribution in [3.8, 4) is 17.2 Å². The van der Waals surface area contributed by atoms with Crippen LogP contribution in [-0.4, -0.2) is 39.7 Å². The van der Waals surface area contributed by atoms with Crippen LogP contribution in [0, 0.1) is 0 Å². The molecule has 3 rings (SSSR count). The number of fused-ring (bicyclic) bond motifs is 1. The van der Waals surface area contributed by atoms with Gasteiger partial charge in [0.05, 0.1) is 32.5 Å². The summed E-state index contributed by atoms with van der Waals surface area (Å²) in [6.45, 7) is -0.414. The second-order valence-corrected chi connectivity index (χ2v) is 5.93. The lowest BCUT2D eigenvalue weighted by atomic mass is 10.0. The lowest BCUT2D eigenvalue weighted by Gasteiger charge is -2.12. The fraction of sp³-hybridized carbons (Fsp3) is 0.182. The Morgan fingerprint density at radius 2 is 1.43 bits per heavy atom. The van der Waals surface area contributed by atoms with Crippen molar-refractivity contribution in [3.05, 3.63) is 65.7 Å². The third kappa shape index (κ3) is 3.76. The van der Waals surface area contributed by atoms with Crippen molar-refractivity contribution < 1.29 is 28.5 Å². The Kier molecular flexibility index (Phi) is 5.79. The van der Waals surface area contributed by atoms with Gasteiger partial charge in [0.25, 0.3) is 0 Å². The first-order valence-corrected chi connectivity index (χ1v) is 8.57. The Morgan fingerprint density at radius 1 is 0.750 bits per heavy atom. The molecule has 0 fully saturated rings. The number of hydrogen-bond donors (Lipinski definition) is 0. The minimum absolute atomic E-state index is 0.286. The summed E-state index contributed by atoms with van der Waals surface area (Å²) in [5.41, 5.74) is 0.649. The molecule has 6 heteroatoms. The van der Waals surface area contributed by atoms with E-state index >= 15 is 0 Å². The maximum Gasteiger partial charge on any atom is 0.339 e. The number of carbonyl (C=O) groups is 2. The van der Waals surface area contributed by atoms with E-state index in [0.29, 0.717) is 28.2 Å². The van der Waals surface area contributed by atoms with Crippen molar-refractivity contribution in [1.82, 2.24) is 0 Å². The predicted octanol–water partition coefficient (Wildman–Crippen LogP) is 3.91. The van der Waals surface area contributed by atoms with Gasteiger partial charge in [-0.15, -0.1) is 0 Å². The molecule has 0 aliphatic heterocycles. The molecule has 0 N–H and O–H groups in total. The number of carbonyl (C=O) groups excluding carboxylic acids is 2. The Labute approximate surface area is 162 Å². The molecule has 0 saturated heterocycles. The molecule has 0 atom stereocenters. The summed E-state index contributed by atoms with van der Waals surface area (Å²) in [7, 11) is 4.54. The molecule has 144 valence electrons. The van der Waals surface area contributed by atoms with Gasteiger partial charge in [-0.1, -0.05) is 24.3 Å². The number of Topliss-reactive ketones (excluding diaryl/α,β-unsaturated/α-hetero) is 1. The maximum absolute atomic E-state index is 12.6. The molecule has 0 aromatic heterocycles. The van der Waals surface area contributed by atoms with Gasteiger partial charge in [0.15, 0.2) is 6.61 Å². The summed E-state index contributed by atoms with van der Waals surface area (Å²) in [6.07, 6.45) is 0. The van der Waals surface area contributed by atoms with Crippen LogP contribution in [0.5, 0.6) is 17.2 Å². The van der Waals surface area contributed by atoms with Gasteiger partial charge in [-0.25, -0.2) is 4.79 Å². The normalized spacial score (nSPS) is 10.4. The molecule has 28 heavy (non-hydrogen) atoms. The molecule has 6 nitrogen and oxygen atoms in total. The number of rotatable bonds is 7. The summed E-state index contributed by atoms with van der Waals surface area (Å²) in [4.78, 5) is 25.2. The zero-order valence-electron chi connectivity index (χ0n) is 15.9. The third-order valence-corrected chi connectivity index (χ3v) is 4.37. The minimum Gasteiger partial charge on any atom is -0.497 e. The van der Waals surface area contributed by atoms with Gasteiger partial charge in [-0.2, -0.15) is 0 Å². The first kappa shape index (κ1) is 19.2. The van der Waals surface area contributed by atoms with E-state index in [4.69, 9.17) is 18.9 Å². The van der Waals surface area contributed by atoms with Crippen molar-refractivity contribution >= 4 is 22.5 Å². The van der Waals surface area contributed by atoms with E-state index in [1.54, 1.807) is 43.5 Å². The van der Waals surface area contributed by atoms with Crippen LogP contribution in [0.25, 0.3) is 10.8 Å². The number of hydrogen-bond acceptors (Lipinski definition) is 6. The maximum atomic E-state index is 12.6. The second-order valence-electron chi connectivity index (χ2n) is 5.93. The molecule has 0 amide bonds. The molecular weight excluding hydrogens is 360 g/mol. The highest BCUT2D eigenvalue weighted by Crippen LogP contribution is 2.29.